The molecule has 3 rings (SSSR count). The summed E-state index contributed by atoms with van der Waals surface area (Å²) in [6.07, 6.45) is 1.74. The molecule has 0 spiro atoms. The lowest BCUT2D eigenvalue weighted by atomic mass is 10.0. The van der Waals surface area contributed by atoms with Crippen LogP contribution < -0.4 is 4.90 Å². The lowest BCUT2D eigenvalue weighted by Gasteiger charge is -2.21. The van der Waals surface area contributed by atoms with Gasteiger partial charge in [0.25, 0.3) is 11.8 Å². The number of amides is 2. The molecule has 0 radical (unpaired) electrons. The second kappa shape index (κ2) is 7.56. The van der Waals surface area contributed by atoms with Crippen molar-refractivity contribution in [2.24, 2.45) is 0 Å². The normalized spacial score (nSPS) is 14.3. The minimum absolute atomic E-state index is 0.204. The minimum atomic E-state index is -0.217. The van der Waals surface area contributed by atoms with E-state index in [0.29, 0.717) is 17.8 Å². The molecule has 0 aliphatic carbocycles. The summed E-state index contributed by atoms with van der Waals surface area (Å²) < 4.78 is 0. The Morgan fingerprint density at radius 3 is 2.19 bits per heavy atom. The maximum absolute atomic E-state index is 13.1. The Bertz CT molecular complexity index is 838. The maximum atomic E-state index is 13.1. The summed E-state index contributed by atoms with van der Waals surface area (Å²) in [5, 5.41) is 0. The first-order valence-electron chi connectivity index (χ1n) is 9.01. The summed E-state index contributed by atoms with van der Waals surface area (Å²) in [7, 11) is 1.84. The number of para-hydroxylation sites is 1. The summed E-state index contributed by atoms with van der Waals surface area (Å²) in [6, 6.07) is 17.4. The van der Waals surface area contributed by atoms with Gasteiger partial charge in [-0.3, -0.25) is 14.5 Å². The molecular weight excluding hydrogens is 324 g/mol. The van der Waals surface area contributed by atoms with Gasteiger partial charge in [-0.2, -0.15) is 0 Å². The van der Waals surface area contributed by atoms with E-state index in [-0.39, 0.29) is 11.8 Å². The van der Waals surface area contributed by atoms with Crippen LogP contribution in [0.25, 0.3) is 5.57 Å². The predicted octanol–water partition coefficient (Wildman–Crippen LogP) is 4.01. The highest BCUT2D eigenvalue weighted by atomic mass is 16.2. The van der Waals surface area contributed by atoms with E-state index < -0.39 is 0 Å². The molecular formula is C22H24N2O2. The zero-order valence-corrected chi connectivity index (χ0v) is 15.5. The van der Waals surface area contributed by atoms with Gasteiger partial charge >= 0.3 is 0 Å². The van der Waals surface area contributed by atoms with E-state index in [2.05, 4.69) is 6.92 Å². The van der Waals surface area contributed by atoms with E-state index in [1.165, 1.54) is 4.90 Å². The van der Waals surface area contributed by atoms with Gasteiger partial charge in [-0.05, 0) is 31.0 Å². The van der Waals surface area contributed by atoms with Crippen LogP contribution in [0.1, 0.15) is 30.9 Å². The molecule has 0 bridgehead atoms. The highest BCUT2D eigenvalue weighted by Crippen LogP contribution is 2.33. The van der Waals surface area contributed by atoms with Crippen molar-refractivity contribution in [1.82, 2.24) is 4.90 Å². The van der Waals surface area contributed by atoms with Crippen LogP contribution >= 0.6 is 0 Å². The van der Waals surface area contributed by atoms with Gasteiger partial charge in [0.1, 0.15) is 5.70 Å². The highest BCUT2D eigenvalue weighted by molar-refractivity contribution is 6.36. The summed E-state index contributed by atoms with van der Waals surface area (Å²) in [4.78, 5) is 29.4. The SMILES string of the molecule is CCCCN1C(=O)C(c2ccc(C)cc2)=C(N(C)c2ccccc2)C1=O. The number of carbonyl (C=O) groups excluding carboxylic acids is 2. The zero-order valence-electron chi connectivity index (χ0n) is 15.5. The van der Waals surface area contributed by atoms with Crippen molar-refractivity contribution < 1.29 is 9.59 Å². The number of aryl methyl sites for hydroxylation is 1. The summed E-state index contributed by atoms with van der Waals surface area (Å²) in [6.45, 7) is 4.51. The fraction of sp³-hybridized carbons (Fsp3) is 0.273. The molecule has 2 aromatic carbocycles. The topological polar surface area (TPSA) is 40.6 Å². The van der Waals surface area contributed by atoms with Crippen molar-refractivity contribution in [2.75, 3.05) is 18.5 Å². The van der Waals surface area contributed by atoms with Crippen LogP contribution in [0.4, 0.5) is 5.69 Å². The number of anilines is 1. The predicted molar refractivity (Wildman–Crippen MR) is 105 cm³/mol. The Morgan fingerprint density at radius 1 is 0.923 bits per heavy atom. The van der Waals surface area contributed by atoms with Crippen LogP contribution in [0.2, 0.25) is 0 Å². The quantitative estimate of drug-likeness (QED) is 0.741. The number of carbonyl (C=O) groups is 2. The third kappa shape index (κ3) is 3.27. The molecule has 0 aromatic heterocycles. The summed E-state index contributed by atoms with van der Waals surface area (Å²) in [5.41, 5.74) is 3.71. The Labute approximate surface area is 154 Å². The van der Waals surface area contributed by atoms with Gasteiger partial charge in [-0.15, -0.1) is 0 Å². The molecule has 1 heterocycles. The van der Waals surface area contributed by atoms with Crippen molar-refractivity contribution in [3.8, 4) is 0 Å². The van der Waals surface area contributed by atoms with Gasteiger partial charge in [0.05, 0.1) is 5.57 Å². The average molecular weight is 348 g/mol. The Kier molecular flexibility index (Phi) is 5.21. The summed E-state index contributed by atoms with van der Waals surface area (Å²) >= 11 is 0. The number of benzene rings is 2. The molecule has 0 N–H and O–H groups in total. The number of likely N-dealkylation sites (N-methyl/N-ethyl adjacent to an activating group) is 1. The standard InChI is InChI=1S/C22H24N2O2/c1-4-5-15-24-21(25)19(17-13-11-16(2)12-14-17)20(22(24)26)23(3)18-9-7-6-8-10-18/h6-14H,4-5,15H2,1-3H3. The number of hydrogen-bond donors (Lipinski definition) is 0. The van der Waals surface area contributed by atoms with Crippen LogP contribution in [0.15, 0.2) is 60.3 Å². The molecule has 4 heteroatoms. The molecule has 0 saturated heterocycles. The van der Waals surface area contributed by atoms with Gasteiger partial charge in [0.2, 0.25) is 0 Å². The third-order valence-electron chi connectivity index (χ3n) is 4.70. The van der Waals surface area contributed by atoms with Crippen LogP contribution in [-0.4, -0.2) is 30.3 Å². The van der Waals surface area contributed by atoms with Gasteiger partial charge < -0.3 is 4.90 Å². The molecule has 2 amide bonds. The lowest BCUT2D eigenvalue weighted by molar-refractivity contribution is -0.136. The molecule has 1 aliphatic heterocycles. The maximum Gasteiger partial charge on any atom is 0.278 e. The van der Waals surface area contributed by atoms with E-state index in [1.54, 1.807) is 0 Å². The van der Waals surface area contributed by atoms with Gasteiger partial charge in [0.15, 0.2) is 0 Å². The fourth-order valence-electron chi connectivity index (χ4n) is 3.15. The molecule has 2 aromatic rings. The number of rotatable bonds is 6. The first-order chi connectivity index (χ1) is 12.5. The number of unbranched alkanes of at least 4 members (excludes halogenated alkanes) is 1. The molecule has 0 atom stereocenters. The Hall–Kier alpha value is -2.88. The third-order valence-corrected chi connectivity index (χ3v) is 4.70. The van der Waals surface area contributed by atoms with E-state index in [4.69, 9.17) is 0 Å². The molecule has 26 heavy (non-hydrogen) atoms. The van der Waals surface area contributed by atoms with Crippen LogP contribution in [0.3, 0.4) is 0 Å². The molecule has 134 valence electrons. The average Bonchev–Trinajstić information content (AvgIpc) is 2.91. The van der Waals surface area contributed by atoms with Gasteiger partial charge in [0, 0.05) is 19.3 Å². The minimum Gasteiger partial charge on any atom is -0.339 e. The largest absolute Gasteiger partial charge is 0.339 e. The molecule has 0 unspecified atom stereocenters. The molecule has 4 nitrogen and oxygen atoms in total. The molecule has 0 fully saturated rings. The highest BCUT2D eigenvalue weighted by Gasteiger charge is 2.40. The lowest BCUT2D eigenvalue weighted by Crippen LogP contribution is -2.35. The smallest absolute Gasteiger partial charge is 0.278 e. The Morgan fingerprint density at radius 2 is 1.58 bits per heavy atom. The van der Waals surface area contributed by atoms with Crippen molar-refractivity contribution in [2.45, 2.75) is 26.7 Å². The van der Waals surface area contributed by atoms with E-state index in [0.717, 1.165) is 29.7 Å². The van der Waals surface area contributed by atoms with E-state index >= 15 is 0 Å². The van der Waals surface area contributed by atoms with Crippen molar-refractivity contribution in [3.05, 3.63) is 71.4 Å². The van der Waals surface area contributed by atoms with Crippen LogP contribution in [0, 0.1) is 6.92 Å². The van der Waals surface area contributed by atoms with E-state index in [1.807, 2.05) is 73.5 Å². The monoisotopic (exact) mass is 348 g/mol. The fourth-order valence-corrected chi connectivity index (χ4v) is 3.15. The number of hydrogen-bond acceptors (Lipinski definition) is 3. The van der Waals surface area contributed by atoms with Crippen molar-refractivity contribution in [3.63, 3.8) is 0 Å². The van der Waals surface area contributed by atoms with Gasteiger partial charge in [-0.25, -0.2) is 0 Å². The van der Waals surface area contributed by atoms with Crippen molar-refractivity contribution >= 4 is 23.1 Å². The van der Waals surface area contributed by atoms with Gasteiger partial charge in [-0.1, -0.05) is 61.4 Å². The van der Waals surface area contributed by atoms with Crippen LogP contribution in [0.5, 0.6) is 0 Å². The second-order valence-electron chi connectivity index (χ2n) is 6.60. The number of imide groups is 1. The van der Waals surface area contributed by atoms with Crippen molar-refractivity contribution in [1.29, 1.82) is 0 Å². The first-order valence-corrected chi connectivity index (χ1v) is 9.01. The first kappa shape index (κ1) is 17.9. The summed E-state index contributed by atoms with van der Waals surface area (Å²) in [5.74, 6) is -0.421. The number of nitrogens with zero attached hydrogens (tertiary/aromatic N) is 2. The molecule has 1 aliphatic rings. The Balaban J connectivity index is 2.10. The zero-order chi connectivity index (χ0) is 18.7. The van der Waals surface area contributed by atoms with Crippen LogP contribution in [-0.2, 0) is 9.59 Å². The molecule has 0 saturated carbocycles. The van der Waals surface area contributed by atoms with E-state index in [9.17, 15) is 9.59 Å². The second-order valence-corrected chi connectivity index (χ2v) is 6.60.